The lowest BCUT2D eigenvalue weighted by Gasteiger charge is -2.10. The molecule has 1 aromatic heterocycles. The molecule has 0 saturated carbocycles. The van der Waals surface area contributed by atoms with E-state index in [2.05, 4.69) is 5.10 Å². The monoisotopic (exact) mass is 276 g/mol. The van der Waals surface area contributed by atoms with Crippen LogP contribution in [0, 0.1) is 13.8 Å². The van der Waals surface area contributed by atoms with Crippen LogP contribution in [0.5, 0.6) is 11.5 Å². The summed E-state index contributed by atoms with van der Waals surface area (Å²) in [6, 6.07) is 5.31. The molecule has 0 bridgehead atoms. The van der Waals surface area contributed by atoms with Crippen LogP contribution in [0.15, 0.2) is 18.2 Å². The number of carboxylic acids is 1. The Bertz CT molecular complexity index is 661. The highest BCUT2D eigenvalue weighted by atomic mass is 16.5. The van der Waals surface area contributed by atoms with Gasteiger partial charge in [-0.05, 0) is 26.0 Å². The van der Waals surface area contributed by atoms with Crippen LogP contribution in [0.3, 0.4) is 0 Å². The predicted octanol–water partition coefficient (Wildman–Crippen LogP) is 2.20. The fourth-order valence-electron chi connectivity index (χ4n) is 2.16. The molecule has 0 amide bonds. The average Bonchev–Trinajstić information content (AvgIpc) is 2.73. The van der Waals surface area contributed by atoms with Gasteiger partial charge in [0.05, 0.1) is 31.3 Å². The number of aromatic carboxylic acids is 1. The molecule has 0 aliphatic rings. The third kappa shape index (κ3) is 2.20. The van der Waals surface area contributed by atoms with Crippen molar-refractivity contribution in [2.24, 2.45) is 0 Å². The maximum absolute atomic E-state index is 11.2. The Hall–Kier alpha value is -2.50. The van der Waals surface area contributed by atoms with Gasteiger partial charge in [-0.25, -0.2) is 9.48 Å². The molecule has 0 aliphatic carbocycles. The molecule has 1 N–H and O–H groups in total. The summed E-state index contributed by atoms with van der Waals surface area (Å²) in [7, 11) is 3.11. The van der Waals surface area contributed by atoms with E-state index in [1.54, 1.807) is 50.9 Å². The Morgan fingerprint density at radius 1 is 1.20 bits per heavy atom. The van der Waals surface area contributed by atoms with Gasteiger partial charge in [0.25, 0.3) is 0 Å². The van der Waals surface area contributed by atoms with Crippen LogP contribution in [0.4, 0.5) is 0 Å². The second-order valence-electron chi connectivity index (χ2n) is 4.30. The van der Waals surface area contributed by atoms with Crippen molar-refractivity contribution in [3.8, 4) is 17.2 Å². The van der Waals surface area contributed by atoms with Gasteiger partial charge in [0.15, 0.2) is 11.5 Å². The van der Waals surface area contributed by atoms with Crippen molar-refractivity contribution in [1.82, 2.24) is 9.78 Å². The van der Waals surface area contributed by atoms with E-state index >= 15 is 0 Å². The molecule has 1 aromatic carbocycles. The summed E-state index contributed by atoms with van der Waals surface area (Å²) in [4.78, 5) is 11.2. The third-order valence-corrected chi connectivity index (χ3v) is 3.12. The SMILES string of the molecule is COc1ccc(-n2nc(C)c(C(=O)O)c2C)cc1OC. The Kier molecular flexibility index (Phi) is 3.65. The van der Waals surface area contributed by atoms with Crippen molar-refractivity contribution >= 4 is 5.97 Å². The smallest absolute Gasteiger partial charge is 0.339 e. The normalized spacial score (nSPS) is 10.4. The van der Waals surface area contributed by atoms with Crippen molar-refractivity contribution in [3.05, 3.63) is 35.2 Å². The van der Waals surface area contributed by atoms with Gasteiger partial charge in [0, 0.05) is 6.07 Å². The number of hydrogen-bond acceptors (Lipinski definition) is 4. The summed E-state index contributed by atoms with van der Waals surface area (Å²) in [5, 5.41) is 13.5. The minimum Gasteiger partial charge on any atom is -0.493 e. The van der Waals surface area contributed by atoms with Gasteiger partial charge in [-0.3, -0.25) is 0 Å². The van der Waals surface area contributed by atoms with Crippen LogP contribution in [0.25, 0.3) is 5.69 Å². The number of ether oxygens (including phenoxy) is 2. The first-order chi connectivity index (χ1) is 9.49. The quantitative estimate of drug-likeness (QED) is 0.926. The molecule has 0 unspecified atom stereocenters. The van der Waals surface area contributed by atoms with Crippen molar-refractivity contribution in [2.75, 3.05) is 14.2 Å². The number of carbonyl (C=O) groups is 1. The highest BCUT2D eigenvalue weighted by molar-refractivity contribution is 5.90. The first-order valence-corrected chi connectivity index (χ1v) is 6.01. The van der Waals surface area contributed by atoms with Crippen molar-refractivity contribution in [1.29, 1.82) is 0 Å². The summed E-state index contributed by atoms with van der Waals surface area (Å²) in [5.74, 6) is 0.192. The molecule has 20 heavy (non-hydrogen) atoms. The topological polar surface area (TPSA) is 73.6 Å². The van der Waals surface area contributed by atoms with Crippen molar-refractivity contribution in [3.63, 3.8) is 0 Å². The first-order valence-electron chi connectivity index (χ1n) is 6.01. The van der Waals surface area contributed by atoms with E-state index in [1.165, 1.54) is 0 Å². The van der Waals surface area contributed by atoms with E-state index in [9.17, 15) is 9.90 Å². The summed E-state index contributed by atoms with van der Waals surface area (Å²) in [6.45, 7) is 3.40. The van der Waals surface area contributed by atoms with E-state index in [4.69, 9.17) is 9.47 Å². The Balaban J connectivity index is 2.58. The molecule has 6 nitrogen and oxygen atoms in total. The highest BCUT2D eigenvalue weighted by Crippen LogP contribution is 2.30. The summed E-state index contributed by atoms with van der Waals surface area (Å²) in [6.07, 6.45) is 0. The van der Waals surface area contributed by atoms with Gasteiger partial charge >= 0.3 is 5.97 Å². The van der Waals surface area contributed by atoms with Crippen LogP contribution >= 0.6 is 0 Å². The Labute approximate surface area is 116 Å². The first kappa shape index (κ1) is 13.9. The van der Waals surface area contributed by atoms with E-state index < -0.39 is 5.97 Å². The highest BCUT2D eigenvalue weighted by Gasteiger charge is 2.19. The van der Waals surface area contributed by atoms with Gasteiger partial charge in [0.2, 0.25) is 0 Å². The number of methoxy groups -OCH3 is 2. The molecule has 2 aromatic rings. The number of rotatable bonds is 4. The van der Waals surface area contributed by atoms with E-state index in [0.717, 1.165) is 5.69 Å². The van der Waals surface area contributed by atoms with Crippen molar-refractivity contribution < 1.29 is 19.4 Å². The number of carboxylic acid groups (broad SMARTS) is 1. The second kappa shape index (κ2) is 5.24. The van der Waals surface area contributed by atoms with Gasteiger partial charge in [-0.1, -0.05) is 0 Å². The Morgan fingerprint density at radius 3 is 2.35 bits per heavy atom. The molecule has 0 aliphatic heterocycles. The molecular formula is C14H16N2O4. The van der Waals surface area contributed by atoms with E-state index in [0.29, 0.717) is 22.9 Å². The lowest BCUT2D eigenvalue weighted by Crippen LogP contribution is -2.03. The molecule has 6 heteroatoms. The standard InChI is InChI=1S/C14H16N2O4/c1-8-13(14(17)18)9(2)16(15-8)10-5-6-11(19-3)12(7-10)20-4/h5-7H,1-4H3,(H,17,18). The summed E-state index contributed by atoms with van der Waals surface area (Å²) >= 11 is 0. The van der Waals surface area contributed by atoms with Crippen molar-refractivity contribution in [2.45, 2.75) is 13.8 Å². The average molecular weight is 276 g/mol. The molecule has 106 valence electrons. The zero-order valence-corrected chi connectivity index (χ0v) is 11.8. The molecule has 0 fully saturated rings. The van der Waals surface area contributed by atoms with E-state index in [-0.39, 0.29) is 5.56 Å². The van der Waals surface area contributed by atoms with Crippen LogP contribution in [0.1, 0.15) is 21.7 Å². The zero-order chi connectivity index (χ0) is 14.9. The number of benzene rings is 1. The lowest BCUT2D eigenvalue weighted by molar-refractivity contribution is 0.0695. The maximum atomic E-state index is 11.2. The van der Waals surface area contributed by atoms with Crippen LogP contribution in [-0.2, 0) is 0 Å². The van der Waals surface area contributed by atoms with Crippen LogP contribution < -0.4 is 9.47 Å². The minimum atomic E-state index is -0.980. The van der Waals surface area contributed by atoms with Crippen LogP contribution in [0.2, 0.25) is 0 Å². The molecule has 0 saturated heterocycles. The predicted molar refractivity (Wildman–Crippen MR) is 73.1 cm³/mol. The third-order valence-electron chi connectivity index (χ3n) is 3.12. The van der Waals surface area contributed by atoms with Gasteiger partial charge in [-0.2, -0.15) is 5.10 Å². The molecule has 0 radical (unpaired) electrons. The van der Waals surface area contributed by atoms with Gasteiger partial charge in [0.1, 0.15) is 5.56 Å². The lowest BCUT2D eigenvalue weighted by atomic mass is 10.2. The molecule has 2 rings (SSSR count). The molecule has 1 heterocycles. The Morgan fingerprint density at radius 2 is 1.85 bits per heavy atom. The molecular weight excluding hydrogens is 260 g/mol. The number of hydrogen-bond donors (Lipinski definition) is 1. The van der Waals surface area contributed by atoms with E-state index in [1.807, 2.05) is 0 Å². The van der Waals surface area contributed by atoms with Gasteiger partial charge in [-0.15, -0.1) is 0 Å². The fraction of sp³-hybridized carbons (Fsp3) is 0.286. The summed E-state index contributed by atoms with van der Waals surface area (Å²) in [5.41, 5.74) is 1.99. The van der Waals surface area contributed by atoms with Crippen LogP contribution in [-0.4, -0.2) is 35.1 Å². The molecule has 0 atom stereocenters. The largest absolute Gasteiger partial charge is 0.493 e. The number of nitrogens with zero attached hydrogens (tertiary/aromatic N) is 2. The second-order valence-corrected chi connectivity index (χ2v) is 4.30. The minimum absolute atomic E-state index is 0.222. The number of aryl methyl sites for hydroxylation is 1. The number of aromatic nitrogens is 2. The summed E-state index contributed by atoms with van der Waals surface area (Å²) < 4.78 is 12.0. The maximum Gasteiger partial charge on any atom is 0.339 e. The van der Waals surface area contributed by atoms with Gasteiger partial charge < -0.3 is 14.6 Å². The fourth-order valence-corrected chi connectivity index (χ4v) is 2.16. The molecule has 0 spiro atoms. The zero-order valence-electron chi connectivity index (χ0n) is 11.8.